The number of benzene rings is 1. The maximum Gasteiger partial charge on any atom is 0.286 e. The van der Waals surface area contributed by atoms with Gasteiger partial charge in [-0.05, 0) is 30.7 Å². The molecule has 1 heterocycles. The molecule has 2 aromatic rings. The predicted molar refractivity (Wildman–Crippen MR) is 89.8 cm³/mol. The fourth-order valence-corrected chi connectivity index (χ4v) is 2.97. The first-order valence-electron chi connectivity index (χ1n) is 7.05. The number of anilines is 1. The van der Waals surface area contributed by atoms with Gasteiger partial charge in [-0.15, -0.1) is 0 Å². The Kier molecular flexibility index (Phi) is 5.24. The Balaban J connectivity index is 2.06. The number of para-hydroxylation sites is 1. The topological polar surface area (TPSA) is 111 Å². The average Bonchev–Trinajstić information content (AvgIpc) is 3.04. The summed E-state index contributed by atoms with van der Waals surface area (Å²) in [5.74, 6) is -1.20. The molecular formula is C15H18N4O4S. The fourth-order valence-electron chi connectivity index (χ4n) is 2.06. The predicted octanol–water partition coefficient (Wildman–Crippen LogP) is 0.550. The zero-order valence-corrected chi connectivity index (χ0v) is 14.1. The van der Waals surface area contributed by atoms with E-state index in [0.29, 0.717) is 11.3 Å². The van der Waals surface area contributed by atoms with Crippen molar-refractivity contribution in [3.05, 3.63) is 53.9 Å². The molecule has 1 aromatic heterocycles. The number of nitrogens with one attached hydrogen (secondary N) is 3. The number of hydrogen-bond acceptors (Lipinski definition) is 4. The molecule has 0 unspecified atom stereocenters. The number of nitrogens with zero attached hydrogens (tertiary/aromatic N) is 1. The molecule has 1 aromatic carbocycles. The van der Waals surface area contributed by atoms with Crippen molar-refractivity contribution in [2.75, 3.05) is 17.1 Å². The maximum atomic E-state index is 12.0. The van der Waals surface area contributed by atoms with E-state index >= 15 is 0 Å². The van der Waals surface area contributed by atoms with Gasteiger partial charge in [-0.1, -0.05) is 18.2 Å². The van der Waals surface area contributed by atoms with Gasteiger partial charge in [-0.25, -0.2) is 8.42 Å². The zero-order valence-electron chi connectivity index (χ0n) is 13.2. The molecule has 128 valence electrons. The molecule has 0 radical (unpaired) electrons. The van der Waals surface area contributed by atoms with Crippen LogP contribution in [0.25, 0.3) is 0 Å². The molecule has 2 rings (SSSR count). The third-order valence-electron chi connectivity index (χ3n) is 3.23. The van der Waals surface area contributed by atoms with Crippen LogP contribution in [0.1, 0.15) is 16.1 Å². The lowest BCUT2D eigenvalue weighted by Gasteiger charge is -2.23. The van der Waals surface area contributed by atoms with E-state index in [0.717, 1.165) is 10.6 Å². The summed E-state index contributed by atoms with van der Waals surface area (Å²) in [5, 5.41) is 0. The molecule has 2 amide bonds. The van der Waals surface area contributed by atoms with Crippen molar-refractivity contribution < 1.29 is 18.0 Å². The van der Waals surface area contributed by atoms with Crippen LogP contribution in [0, 0.1) is 6.92 Å². The molecule has 0 aliphatic heterocycles. The van der Waals surface area contributed by atoms with Crippen LogP contribution in [-0.4, -0.2) is 38.0 Å². The first-order valence-corrected chi connectivity index (χ1v) is 8.90. The lowest BCUT2D eigenvalue weighted by Crippen LogP contribution is -2.47. The van der Waals surface area contributed by atoms with Crippen LogP contribution < -0.4 is 15.2 Å². The molecule has 3 N–H and O–H groups in total. The normalized spacial score (nSPS) is 10.9. The summed E-state index contributed by atoms with van der Waals surface area (Å²) in [6, 6.07) is 10.00. The minimum Gasteiger partial charge on any atom is -0.357 e. The van der Waals surface area contributed by atoms with Gasteiger partial charge < -0.3 is 4.98 Å². The molecule has 0 atom stereocenters. The van der Waals surface area contributed by atoms with E-state index < -0.39 is 28.4 Å². The van der Waals surface area contributed by atoms with Crippen molar-refractivity contribution in [3.63, 3.8) is 0 Å². The van der Waals surface area contributed by atoms with E-state index in [1.165, 1.54) is 6.07 Å². The largest absolute Gasteiger partial charge is 0.357 e. The van der Waals surface area contributed by atoms with E-state index in [9.17, 15) is 18.0 Å². The van der Waals surface area contributed by atoms with Crippen molar-refractivity contribution in [2.24, 2.45) is 0 Å². The molecule has 0 aliphatic rings. The number of aryl methyl sites for hydroxylation is 1. The lowest BCUT2D eigenvalue weighted by molar-refractivity contribution is -0.120. The van der Waals surface area contributed by atoms with Gasteiger partial charge >= 0.3 is 0 Å². The van der Waals surface area contributed by atoms with Gasteiger partial charge in [0.05, 0.1) is 11.9 Å². The number of sulfonamides is 1. The number of carbonyl (C=O) groups excluding carboxylic acids is 2. The van der Waals surface area contributed by atoms with Crippen molar-refractivity contribution in [2.45, 2.75) is 6.92 Å². The van der Waals surface area contributed by atoms with Gasteiger partial charge in [0.1, 0.15) is 12.2 Å². The Labute approximate surface area is 139 Å². The quantitative estimate of drug-likeness (QED) is 0.684. The van der Waals surface area contributed by atoms with Crippen LogP contribution in [0.4, 0.5) is 5.69 Å². The summed E-state index contributed by atoms with van der Waals surface area (Å²) in [4.78, 5) is 26.4. The number of hydrazine groups is 1. The van der Waals surface area contributed by atoms with E-state index in [1.54, 1.807) is 43.5 Å². The fraction of sp³-hybridized carbons (Fsp3) is 0.200. The van der Waals surface area contributed by atoms with Crippen molar-refractivity contribution >= 4 is 27.5 Å². The Morgan fingerprint density at radius 1 is 1.12 bits per heavy atom. The summed E-state index contributed by atoms with van der Waals surface area (Å²) < 4.78 is 25.0. The SMILES string of the molecule is Cc1ccccc1N(CC(=O)NNC(=O)c1ccc[nH]1)S(C)(=O)=O. The summed E-state index contributed by atoms with van der Waals surface area (Å²) in [5.41, 5.74) is 5.81. The minimum absolute atomic E-state index is 0.272. The summed E-state index contributed by atoms with van der Waals surface area (Å²) in [6.45, 7) is 1.30. The van der Waals surface area contributed by atoms with Crippen LogP contribution in [0.5, 0.6) is 0 Å². The number of aromatic nitrogens is 1. The summed E-state index contributed by atoms with van der Waals surface area (Å²) in [6.07, 6.45) is 2.59. The minimum atomic E-state index is -3.66. The van der Waals surface area contributed by atoms with E-state index in [2.05, 4.69) is 15.8 Å². The molecule has 8 nitrogen and oxygen atoms in total. The van der Waals surface area contributed by atoms with E-state index in [4.69, 9.17) is 0 Å². The van der Waals surface area contributed by atoms with Crippen LogP contribution >= 0.6 is 0 Å². The third-order valence-corrected chi connectivity index (χ3v) is 4.36. The molecule has 0 bridgehead atoms. The lowest BCUT2D eigenvalue weighted by atomic mass is 10.2. The van der Waals surface area contributed by atoms with Crippen LogP contribution in [0.15, 0.2) is 42.6 Å². The van der Waals surface area contributed by atoms with Gasteiger partial charge in [0.15, 0.2) is 0 Å². The highest BCUT2D eigenvalue weighted by Gasteiger charge is 2.22. The van der Waals surface area contributed by atoms with E-state index in [1.807, 2.05) is 0 Å². The highest BCUT2D eigenvalue weighted by Crippen LogP contribution is 2.21. The van der Waals surface area contributed by atoms with Crippen LogP contribution in [-0.2, 0) is 14.8 Å². The summed E-state index contributed by atoms with van der Waals surface area (Å²) in [7, 11) is -3.66. The number of H-pyrrole nitrogens is 1. The molecular weight excluding hydrogens is 332 g/mol. The highest BCUT2D eigenvalue weighted by atomic mass is 32.2. The first-order chi connectivity index (χ1) is 11.3. The smallest absolute Gasteiger partial charge is 0.286 e. The van der Waals surface area contributed by atoms with Crippen LogP contribution in [0.2, 0.25) is 0 Å². The van der Waals surface area contributed by atoms with Crippen molar-refractivity contribution in [1.82, 2.24) is 15.8 Å². The number of amides is 2. The molecule has 0 aliphatic carbocycles. The third kappa shape index (κ3) is 4.35. The number of carbonyl (C=O) groups is 2. The molecule has 24 heavy (non-hydrogen) atoms. The Morgan fingerprint density at radius 2 is 1.83 bits per heavy atom. The van der Waals surface area contributed by atoms with Crippen LogP contribution in [0.3, 0.4) is 0 Å². The Morgan fingerprint density at radius 3 is 2.42 bits per heavy atom. The van der Waals surface area contributed by atoms with E-state index in [-0.39, 0.29) is 5.69 Å². The second kappa shape index (κ2) is 7.18. The zero-order chi connectivity index (χ0) is 17.7. The number of rotatable bonds is 5. The highest BCUT2D eigenvalue weighted by molar-refractivity contribution is 7.92. The summed E-state index contributed by atoms with van der Waals surface area (Å²) >= 11 is 0. The molecule has 9 heteroatoms. The molecule has 0 saturated heterocycles. The maximum absolute atomic E-state index is 12.0. The second-order valence-electron chi connectivity index (χ2n) is 5.14. The van der Waals surface area contributed by atoms with Gasteiger partial charge in [-0.2, -0.15) is 0 Å². The Bertz CT molecular complexity index is 831. The van der Waals surface area contributed by atoms with Crippen molar-refractivity contribution in [3.8, 4) is 0 Å². The molecule has 0 spiro atoms. The number of hydrogen-bond donors (Lipinski definition) is 3. The first kappa shape index (κ1) is 17.5. The average molecular weight is 350 g/mol. The molecule has 0 saturated carbocycles. The van der Waals surface area contributed by atoms with Crippen molar-refractivity contribution in [1.29, 1.82) is 0 Å². The van der Waals surface area contributed by atoms with Gasteiger partial charge in [0.2, 0.25) is 10.0 Å². The second-order valence-corrected chi connectivity index (χ2v) is 7.05. The Hall–Kier alpha value is -2.81. The monoisotopic (exact) mass is 350 g/mol. The molecule has 0 fully saturated rings. The van der Waals surface area contributed by atoms with Gasteiger partial charge in [0.25, 0.3) is 11.8 Å². The van der Waals surface area contributed by atoms with Gasteiger partial charge in [0, 0.05) is 6.20 Å². The number of aromatic amines is 1. The van der Waals surface area contributed by atoms with Gasteiger partial charge in [-0.3, -0.25) is 24.7 Å². The standard InChI is InChI=1S/C15H18N4O4S/c1-11-6-3-4-8-13(11)19(24(2,22)23)10-14(20)17-18-15(21)12-7-5-9-16-12/h3-9,16H,10H2,1-2H3,(H,17,20)(H,18,21).